The van der Waals surface area contributed by atoms with Gasteiger partial charge in [-0.15, -0.1) is 0 Å². The van der Waals surface area contributed by atoms with Crippen LogP contribution in [-0.4, -0.2) is 23.1 Å². The van der Waals surface area contributed by atoms with Gasteiger partial charge >= 0.3 is 0 Å². The number of fused-ring (bicyclic) bond motifs is 1. The highest BCUT2D eigenvalue weighted by atomic mass is 15.3. The zero-order chi connectivity index (χ0) is 14.7. The molecule has 0 fully saturated rings. The van der Waals surface area contributed by atoms with Crippen LogP contribution in [0.25, 0.3) is 0 Å². The highest BCUT2D eigenvalue weighted by molar-refractivity contribution is 5.64. The quantitative estimate of drug-likeness (QED) is 0.928. The molecule has 1 aromatic carbocycles. The Bertz CT molecular complexity index is 624. The van der Waals surface area contributed by atoms with Crippen LogP contribution < -0.4 is 10.2 Å². The van der Waals surface area contributed by atoms with E-state index in [9.17, 15) is 0 Å². The third-order valence-electron chi connectivity index (χ3n) is 3.75. The van der Waals surface area contributed by atoms with Gasteiger partial charge in [0.05, 0.1) is 0 Å². The van der Waals surface area contributed by atoms with E-state index in [2.05, 4.69) is 46.4 Å². The number of hydrogen-bond acceptors (Lipinski definition) is 4. The Morgan fingerprint density at radius 2 is 2.10 bits per heavy atom. The minimum Gasteiger partial charge on any atom is -0.370 e. The molecule has 0 radical (unpaired) electrons. The van der Waals surface area contributed by atoms with Crippen LogP contribution in [-0.2, 0) is 6.42 Å². The highest BCUT2D eigenvalue weighted by Gasteiger charge is 2.20. The van der Waals surface area contributed by atoms with Gasteiger partial charge in [0.2, 0.25) is 5.95 Å². The number of nitrogens with one attached hydrogen (secondary N) is 1. The van der Waals surface area contributed by atoms with Crippen molar-refractivity contribution < 1.29 is 0 Å². The minimum absolute atomic E-state index is 0.806. The fraction of sp³-hybridized carbons (Fsp3) is 0.412. The van der Waals surface area contributed by atoms with Gasteiger partial charge in [0.1, 0.15) is 5.82 Å². The molecule has 0 saturated carbocycles. The first-order chi connectivity index (χ1) is 10.3. The molecule has 3 rings (SSSR count). The number of aryl methyl sites for hydroxylation is 2. The third kappa shape index (κ3) is 2.99. The fourth-order valence-corrected chi connectivity index (χ4v) is 2.76. The standard InChI is InChI=1S/C17H22N4/c1-3-10-18-16-12-13(2)19-17(20-16)21-11-6-8-14-7-4-5-9-15(14)21/h4-5,7,9,12H,3,6,8,10-11H2,1-2H3,(H,18,19,20). The molecule has 0 unspecified atom stereocenters. The Morgan fingerprint density at radius 1 is 1.24 bits per heavy atom. The molecule has 0 saturated heterocycles. The van der Waals surface area contributed by atoms with E-state index in [1.807, 2.05) is 13.0 Å². The average molecular weight is 282 g/mol. The van der Waals surface area contributed by atoms with Crippen LogP contribution in [0.1, 0.15) is 31.0 Å². The highest BCUT2D eigenvalue weighted by Crippen LogP contribution is 2.31. The number of rotatable bonds is 4. The molecular formula is C17H22N4. The van der Waals surface area contributed by atoms with Crippen molar-refractivity contribution in [3.63, 3.8) is 0 Å². The zero-order valence-electron chi connectivity index (χ0n) is 12.8. The van der Waals surface area contributed by atoms with Crippen molar-refractivity contribution in [2.24, 2.45) is 0 Å². The summed E-state index contributed by atoms with van der Waals surface area (Å²) < 4.78 is 0. The Labute approximate surface area is 126 Å². The molecule has 0 amide bonds. The molecule has 4 nitrogen and oxygen atoms in total. The molecule has 1 aliphatic heterocycles. The molecule has 4 heteroatoms. The van der Waals surface area contributed by atoms with Crippen LogP contribution in [0, 0.1) is 6.92 Å². The monoisotopic (exact) mass is 282 g/mol. The van der Waals surface area contributed by atoms with Crippen molar-refractivity contribution in [1.82, 2.24) is 9.97 Å². The molecule has 2 heterocycles. The summed E-state index contributed by atoms with van der Waals surface area (Å²) in [7, 11) is 0. The summed E-state index contributed by atoms with van der Waals surface area (Å²) in [6, 6.07) is 10.6. The van der Waals surface area contributed by atoms with E-state index in [4.69, 9.17) is 4.98 Å². The molecule has 1 aromatic heterocycles. The van der Waals surface area contributed by atoms with Gasteiger partial charge in [-0.2, -0.15) is 4.98 Å². The first-order valence-electron chi connectivity index (χ1n) is 7.73. The van der Waals surface area contributed by atoms with Crippen molar-refractivity contribution in [2.45, 2.75) is 33.1 Å². The van der Waals surface area contributed by atoms with Gasteiger partial charge in [0.15, 0.2) is 0 Å². The summed E-state index contributed by atoms with van der Waals surface area (Å²) in [6.45, 7) is 6.10. The Kier molecular flexibility index (Phi) is 4.04. The number of aromatic nitrogens is 2. The zero-order valence-corrected chi connectivity index (χ0v) is 12.8. The van der Waals surface area contributed by atoms with Gasteiger partial charge in [-0.3, -0.25) is 0 Å². The Morgan fingerprint density at radius 3 is 2.95 bits per heavy atom. The number of para-hydroxylation sites is 1. The lowest BCUT2D eigenvalue weighted by Gasteiger charge is -2.29. The Hall–Kier alpha value is -2.10. The van der Waals surface area contributed by atoms with Crippen molar-refractivity contribution in [1.29, 1.82) is 0 Å². The molecule has 1 aliphatic rings. The number of nitrogens with zero attached hydrogens (tertiary/aromatic N) is 3. The van der Waals surface area contributed by atoms with Crippen molar-refractivity contribution >= 4 is 17.5 Å². The molecule has 0 spiro atoms. The summed E-state index contributed by atoms with van der Waals surface area (Å²) in [6.07, 6.45) is 3.37. The lowest BCUT2D eigenvalue weighted by Crippen LogP contribution is -2.26. The first-order valence-corrected chi connectivity index (χ1v) is 7.73. The van der Waals surface area contributed by atoms with E-state index in [0.29, 0.717) is 0 Å². The van der Waals surface area contributed by atoms with Crippen LogP contribution >= 0.6 is 0 Å². The predicted molar refractivity (Wildman–Crippen MR) is 87.3 cm³/mol. The molecule has 0 atom stereocenters. The van der Waals surface area contributed by atoms with Gasteiger partial charge in [-0.25, -0.2) is 4.98 Å². The van der Waals surface area contributed by atoms with Gasteiger partial charge in [0, 0.05) is 30.5 Å². The van der Waals surface area contributed by atoms with E-state index < -0.39 is 0 Å². The predicted octanol–water partition coefficient (Wildman–Crippen LogP) is 3.69. The number of benzene rings is 1. The molecule has 110 valence electrons. The fourth-order valence-electron chi connectivity index (χ4n) is 2.76. The summed E-state index contributed by atoms with van der Waals surface area (Å²) in [5.41, 5.74) is 3.63. The molecular weight excluding hydrogens is 260 g/mol. The van der Waals surface area contributed by atoms with E-state index in [-0.39, 0.29) is 0 Å². The van der Waals surface area contributed by atoms with Gasteiger partial charge in [-0.1, -0.05) is 25.1 Å². The lowest BCUT2D eigenvalue weighted by molar-refractivity contribution is 0.748. The summed E-state index contributed by atoms with van der Waals surface area (Å²) in [5.74, 6) is 1.73. The maximum atomic E-state index is 4.70. The maximum Gasteiger partial charge on any atom is 0.232 e. The molecule has 21 heavy (non-hydrogen) atoms. The third-order valence-corrected chi connectivity index (χ3v) is 3.75. The smallest absolute Gasteiger partial charge is 0.232 e. The second-order valence-corrected chi connectivity index (χ2v) is 5.51. The Balaban J connectivity index is 1.95. The lowest BCUT2D eigenvalue weighted by atomic mass is 10.0. The second kappa shape index (κ2) is 6.12. The molecule has 2 aromatic rings. The normalized spacial score (nSPS) is 13.9. The van der Waals surface area contributed by atoms with Crippen LogP contribution in [0.4, 0.5) is 17.5 Å². The molecule has 0 bridgehead atoms. The number of hydrogen-bond donors (Lipinski definition) is 1. The summed E-state index contributed by atoms with van der Waals surface area (Å²) >= 11 is 0. The topological polar surface area (TPSA) is 41.1 Å². The van der Waals surface area contributed by atoms with E-state index in [1.165, 1.54) is 11.3 Å². The van der Waals surface area contributed by atoms with Gasteiger partial charge < -0.3 is 10.2 Å². The van der Waals surface area contributed by atoms with Gasteiger partial charge in [-0.05, 0) is 37.8 Å². The molecule has 0 aliphatic carbocycles. The second-order valence-electron chi connectivity index (χ2n) is 5.51. The van der Waals surface area contributed by atoms with Crippen LogP contribution in [0.15, 0.2) is 30.3 Å². The summed E-state index contributed by atoms with van der Waals surface area (Å²) in [5, 5.41) is 3.36. The first kappa shape index (κ1) is 13.9. The van der Waals surface area contributed by atoms with Crippen LogP contribution in [0.3, 0.4) is 0 Å². The van der Waals surface area contributed by atoms with Crippen LogP contribution in [0.2, 0.25) is 0 Å². The van der Waals surface area contributed by atoms with Crippen molar-refractivity contribution in [3.8, 4) is 0 Å². The van der Waals surface area contributed by atoms with Crippen LogP contribution in [0.5, 0.6) is 0 Å². The van der Waals surface area contributed by atoms with E-state index in [1.54, 1.807) is 0 Å². The van der Waals surface area contributed by atoms with Crippen molar-refractivity contribution in [3.05, 3.63) is 41.6 Å². The average Bonchev–Trinajstić information content (AvgIpc) is 2.52. The molecule has 1 N–H and O–H groups in total. The maximum absolute atomic E-state index is 4.70. The largest absolute Gasteiger partial charge is 0.370 e. The number of anilines is 3. The van der Waals surface area contributed by atoms with Gasteiger partial charge in [0.25, 0.3) is 0 Å². The van der Waals surface area contributed by atoms with E-state index >= 15 is 0 Å². The SMILES string of the molecule is CCCNc1cc(C)nc(N2CCCc3ccccc32)n1. The summed E-state index contributed by atoms with van der Waals surface area (Å²) in [4.78, 5) is 11.6. The van der Waals surface area contributed by atoms with E-state index in [0.717, 1.165) is 49.8 Å². The minimum atomic E-state index is 0.806. The van der Waals surface area contributed by atoms with Crippen molar-refractivity contribution in [2.75, 3.05) is 23.3 Å².